The highest BCUT2D eigenvalue weighted by Crippen LogP contribution is 2.23. The Morgan fingerprint density at radius 2 is 1.92 bits per heavy atom. The first-order chi connectivity index (χ1) is 18.6. The first-order valence-electron chi connectivity index (χ1n) is 12.8. The molecule has 0 saturated carbocycles. The Morgan fingerprint density at radius 1 is 1.11 bits per heavy atom. The number of furan rings is 1. The van der Waals surface area contributed by atoms with Gasteiger partial charge in [-0.25, -0.2) is 4.98 Å². The molecule has 4 aromatic rings. The van der Waals surface area contributed by atoms with Crippen molar-refractivity contribution in [1.82, 2.24) is 24.5 Å². The molecule has 1 aliphatic heterocycles. The van der Waals surface area contributed by atoms with Crippen molar-refractivity contribution in [2.24, 2.45) is 0 Å². The minimum Gasteiger partial charge on any atom is -0.491 e. The van der Waals surface area contributed by atoms with Gasteiger partial charge in [-0.3, -0.25) is 4.90 Å². The summed E-state index contributed by atoms with van der Waals surface area (Å²) in [5, 5.41) is 4.43. The van der Waals surface area contributed by atoms with Gasteiger partial charge in [-0.1, -0.05) is 6.08 Å². The van der Waals surface area contributed by atoms with Crippen LogP contribution >= 0.6 is 0 Å². The Bertz CT molecular complexity index is 1310. The summed E-state index contributed by atoms with van der Waals surface area (Å²) in [6, 6.07) is 13.8. The Morgan fingerprint density at radius 3 is 2.63 bits per heavy atom. The first-order valence-corrected chi connectivity index (χ1v) is 12.8. The lowest BCUT2D eigenvalue weighted by Gasteiger charge is -2.37. The molecule has 1 saturated heterocycles. The van der Waals surface area contributed by atoms with E-state index < -0.39 is 0 Å². The molecule has 0 atom stereocenters. The summed E-state index contributed by atoms with van der Waals surface area (Å²) in [7, 11) is 1.67. The van der Waals surface area contributed by atoms with Crippen molar-refractivity contribution in [3.05, 3.63) is 61.4 Å². The average Bonchev–Trinajstić information content (AvgIpc) is 3.63. The normalized spacial score (nSPS) is 14.2. The fourth-order valence-electron chi connectivity index (χ4n) is 4.51. The quantitative estimate of drug-likeness (QED) is 0.222. The minimum absolute atomic E-state index is 0.278. The van der Waals surface area contributed by atoms with E-state index in [4.69, 9.17) is 19.6 Å². The molecule has 0 amide bonds. The molecule has 1 fully saturated rings. The predicted octanol–water partition coefficient (Wildman–Crippen LogP) is 2.81. The van der Waals surface area contributed by atoms with Crippen LogP contribution in [0, 0.1) is 0 Å². The maximum absolute atomic E-state index is 6.24. The van der Waals surface area contributed by atoms with E-state index in [-0.39, 0.29) is 5.95 Å². The van der Waals surface area contributed by atoms with Crippen molar-refractivity contribution in [2.45, 2.75) is 0 Å². The second-order valence-corrected chi connectivity index (χ2v) is 9.05. The third-order valence-corrected chi connectivity index (χ3v) is 6.57. The fourth-order valence-corrected chi connectivity index (χ4v) is 4.51. The molecule has 11 heteroatoms. The molecule has 1 aliphatic rings. The number of fused-ring (bicyclic) bond motifs is 1. The standard InChI is InChI=1S/C27H34N8O3/c1-3-10-34(24-20-25-29-26(23-5-4-17-38-23)31-35(25)27(28)30-24)16-13-32-11-14-33(15-12-32)21-6-8-22(9-7-21)37-19-18-36-2/h3-9,17,20H,1,10-16,18-19H2,2H3,(H2,28,30). The second kappa shape index (κ2) is 12.0. The molecule has 0 unspecified atom stereocenters. The van der Waals surface area contributed by atoms with Crippen LogP contribution < -0.4 is 20.3 Å². The van der Waals surface area contributed by atoms with Gasteiger partial charge >= 0.3 is 0 Å². The van der Waals surface area contributed by atoms with E-state index in [1.54, 1.807) is 19.4 Å². The summed E-state index contributed by atoms with van der Waals surface area (Å²) in [6.45, 7) is 11.3. The van der Waals surface area contributed by atoms with Crippen LogP contribution in [0.5, 0.6) is 5.75 Å². The topological polar surface area (TPSA) is 110 Å². The number of methoxy groups -OCH3 is 1. The largest absolute Gasteiger partial charge is 0.491 e. The molecular weight excluding hydrogens is 484 g/mol. The molecular formula is C27H34N8O3. The summed E-state index contributed by atoms with van der Waals surface area (Å²) in [6.07, 6.45) is 3.47. The first kappa shape index (κ1) is 25.6. The zero-order chi connectivity index (χ0) is 26.3. The van der Waals surface area contributed by atoms with Gasteiger partial charge in [-0.05, 0) is 36.4 Å². The van der Waals surface area contributed by atoms with Gasteiger partial charge in [-0.15, -0.1) is 11.7 Å². The highest BCUT2D eigenvalue weighted by atomic mass is 16.5. The Balaban J connectivity index is 1.18. The molecule has 1 aromatic carbocycles. The number of nitrogens with two attached hydrogens (primary N) is 1. The number of benzene rings is 1. The van der Waals surface area contributed by atoms with Crippen molar-refractivity contribution in [1.29, 1.82) is 0 Å². The minimum atomic E-state index is 0.278. The smallest absolute Gasteiger partial charge is 0.225 e. The van der Waals surface area contributed by atoms with Gasteiger partial charge in [0.1, 0.15) is 18.2 Å². The number of piperazine rings is 1. The third kappa shape index (κ3) is 5.90. The van der Waals surface area contributed by atoms with Crippen LogP contribution in [0.1, 0.15) is 0 Å². The lowest BCUT2D eigenvalue weighted by atomic mass is 10.2. The molecule has 38 heavy (non-hydrogen) atoms. The number of aromatic nitrogens is 4. The molecule has 0 aliphatic carbocycles. The van der Waals surface area contributed by atoms with Crippen molar-refractivity contribution in [3.8, 4) is 17.3 Å². The molecule has 0 bridgehead atoms. The SMILES string of the molecule is C=CCN(CCN1CCN(c2ccc(OCCOC)cc2)CC1)c1cc2nc(-c3ccco3)nn2c(N)n1. The molecule has 2 N–H and O–H groups in total. The van der Waals surface area contributed by atoms with Crippen LogP contribution in [0.2, 0.25) is 0 Å². The summed E-state index contributed by atoms with van der Waals surface area (Å²) in [5.41, 5.74) is 8.08. The lowest BCUT2D eigenvalue weighted by molar-refractivity contribution is 0.146. The fraction of sp³-hybridized carbons (Fsp3) is 0.370. The highest BCUT2D eigenvalue weighted by molar-refractivity contribution is 5.59. The maximum atomic E-state index is 6.24. The molecule has 0 radical (unpaired) electrons. The molecule has 200 valence electrons. The highest BCUT2D eigenvalue weighted by Gasteiger charge is 2.20. The maximum Gasteiger partial charge on any atom is 0.225 e. The van der Waals surface area contributed by atoms with Gasteiger partial charge < -0.3 is 29.4 Å². The molecule has 11 nitrogen and oxygen atoms in total. The van der Waals surface area contributed by atoms with E-state index in [9.17, 15) is 0 Å². The van der Waals surface area contributed by atoms with E-state index in [1.165, 1.54) is 10.2 Å². The number of hydrogen-bond acceptors (Lipinski definition) is 10. The van der Waals surface area contributed by atoms with E-state index in [1.807, 2.05) is 30.3 Å². The number of ether oxygens (including phenoxy) is 2. The zero-order valence-corrected chi connectivity index (χ0v) is 21.7. The van der Waals surface area contributed by atoms with E-state index >= 15 is 0 Å². The number of hydrogen-bond donors (Lipinski definition) is 1. The van der Waals surface area contributed by atoms with E-state index in [0.717, 1.165) is 50.8 Å². The van der Waals surface area contributed by atoms with Crippen LogP contribution in [-0.4, -0.2) is 90.6 Å². The number of anilines is 3. The lowest BCUT2D eigenvalue weighted by Crippen LogP contribution is -2.48. The number of rotatable bonds is 12. The monoisotopic (exact) mass is 518 g/mol. The van der Waals surface area contributed by atoms with Crippen LogP contribution in [0.25, 0.3) is 17.2 Å². The van der Waals surface area contributed by atoms with Gasteiger partial charge in [0, 0.05) is 64.7 Å². The Hall–Kier alpha value is -4.09. The Labute approximate surface area is 222 Å². The zero-order valence-electron chi connectivity index (χ0n) is 21.7. The van der Waals surface area contributed by atoms with Crippen LogP contribution in [0.15, 0.2) is 65.8 Å². The van der Waals surface area contributed by atoms with Crippen molar-refractivity contribution >= 4 is 23.1 Å². The van der Waals surface area contributed by atoms with Crippen molar-refractivity contribution in [3.63, 3.8) is 0 Å². The molecule has 4 heterocycles. The third-order valence-electron chi connectivity index (χ3n) is 6.57. The van der Waals surface area contributed by atoms with E-state index in [2.05, 4.69) is 48.5 Å². The van der Waals surface area contributed by atoms with Crippen LogP contribution in [-0.2, 0) is 4.74 Å². The van der Waals surface area contributed by atoms with Crippen LogP contribution in [0.3, 0.4) is 0 Å². The summed E-state index contributed by atoms with van der Waals surface area (Å²) in [5.74, 6) is 2.95. The van der Waals surface area contributed by atoms with Gasteiger partial charge in [0.2, 0.25) is 11.8 Å². The van der Waals surface area contributed by atoms with Gasteiger partial charge in [0.05, 0.1) is 12.9 Å². The summed E-state index contributed by atoms with van der Waals surface area (Å²) < 4.78 is 17.7. The summed E-state index contributed by atoms with van der Waals surface area (Å²) >= 11 is 0. The summed E-state index contributed by atoms with van der Waals surface area (Å²) in [4.78, 5) is 16.2. The molecule has 5 rings (SSSR count). The van der Waals surface area contributed by atoms with Crippen molar-refractivity contribution < 1.29 is 13.9 Å². The predicted molar refractivity (Wildman–Crippen MR) is 148 cm³/mol. The second-order valence-electron chi connectivity index (χ2n) is 9.05. The van der Waals surface area contributed by atoms with E-state index in [0.29, 0.717) is 37.0 Å². The van der Waals surface area contributed by atoms with Gasteiger partial charge in [0.15, 0.2) is 11.4 Å². The molecule has 3 aromatic heterocycles. The van der Waals surface area contributed by atoms with Crippen LogP contribution in [0.4, 0.5) is 17.5 Å². The van der Waals surface area contributed by atoms with Crippen molar-refractivity contribution in [2.75, 3.05) is 81.7 Å². The average molecular weight is 519 g/mol. The number of nitrogen functional groups attached to an aromatic ring is 1. The van der Waals surface area contributed by atoms with Gasteiger partial charge in [-0.2, -0.15) is 9.50 Å². The molecule has 0 spiro atoms. The Kier molecular flexibility index (Phi) is 8.05. The van der Waals surface area contributed by atoms with Gasteiger partial charge in [0.25, 0.3) is 0 Å². The number of nitrogens with zero attached hydrogens (tertiary/aromatic N) is 7.